The Morgan fingerprint density at radius 3 is 2.71 bits per heavy atom. The third-order valence-electron chi connectivity index (χ3n) is 4.05. The summed E-state index contributed by atoms with van der Waals surface area (Å²) in [5.74, 6) is -0.732. The van der Waals surface area contributed by atoms with Crippen molar-refractivity contribution in [3.8, 4) is 5.69 Å². The monoisotopic (exact) mass is 407 g/mol. The zero-order valence-electron chi connectivity index (χ0n) is 15.1. The van der Waals surface area contributed by atoms with Crippen LogP contribution in [-0.4, -0.2) is 51.1 Å². The predicted octanol–water partition coefficient (Wildman–Crippen LogP) is 1.20. The van der Waals surface area contributed by atoms with Crippen molar-refractivity contribution in [2.45, 2.75) is 36.2 Å². The number of rotatable bonds is 6. The molecule has 0 bridgehead atoms. The van der Waals surface area contributed by atoms with Crippen LogP contribution in [0.1, 0.15) is 19.2 Å². The second kappa shape index (κ2) is 8.38. The molecule has 28 heavy (non-hydrogen) atoms. The number of benzene rings is 1. The van der Waals surface area contributed by atoms with E-state index < -0.39 is 29.1 Å². The third-order valence-corrected chi connectivity index (χ3v) is 5.07. The molecule has 2 heterocycles. The van der Waals surface area contributed by atoms with E-state index in [4.69, 9.17) is 4.74 Å². The van der Waals surface area contributed by atoms with E-state index >= 15 is 0 Å². The van der Waals surface area contributed by atoms with Gasteiger partial charge in [0.25, 0.3) is 0 Å². The van der Waals surface area contributed by atoms with Crippen molar-refractivity contribution >= 4 is 29.7 Å². The van der Waals surface area contributed by atoms with Gasteiger partial charge in [0.15, 0.2) is 5.16 Å². The molecule has 2 unspecified atom stereocenters. The first kappa shape index (κ1) is 19.8. The van der Waals surface area contributed by atoms with Crippen LogP contribution >= 0.6 is 11.8 Å². The molecule has 0 saturated carbocycles. The molecule has 1 aliphatic heterocycles. The number of esters is 1. The van der Waals surface area contributed by atoms with Crippen molar-refractivity contribution in [1.29, 1.82) is 0 Å². The number of thioether (sulfide) groups is 1. The summed E-state index contributed by atoms with van der Waals surface area (Å²) in [7, 11) is 1.30. The Morgan fingerprint density at radius 1 is 1.36 bits per heavy atom. The maximum atomic E-state index is 13.4. The maximum Gasteiger partial charge on any atom is 0.321 e. The number of imide groups is 1. The number of halogens is 1. The first-order chi connectivity index (χ1) is 13.4. The molecule has 2 atom stereocenters. The quantitative estimate of drug-likeness (QED) is 0.546. The fraction of sp³-hybridized carbons (Fsp3) is 0.353. The fourth-order valence-corrected chi connectivity index (χ4v) is 3.66. The molecule has 148 valence electrons. The number of carbonyl (C=O) groups is 3. The van der Waals surface area contributed by atoms with E-state index in [2.05, 4.69) is 20.8 Å². The van der Waals surface area contributed by atoms with Gasteiger partial charge in [-0.25, -0.2) is 9.18 Å². The molecule has 2 aromatic rings. The molecule has 2 N–H and O–H groups in total. The van der Waals surface area contributed by atoms with Gasteiger partial charge in [0.05, 0.1) is 7.11 Å². The van der Waals surface area contributed by atoms with E-state index in [0.717, 1.165) is 11.8 Å². The summed E-state index contributed by atoms with van der Waals surface area (Å²) in [5.41, 5.74) is 0.590. The molecular weight excluding hydrogens is 389 g/mol. The van der Waals surface area contributed by atoms with Crippen LogP contribution in [0.15, 0.2) is 29.4 Å². The number of urea groups is 1. The standard InChI is InChI=1S/C17H18FN5O4S/c1-9(15(25)27-2)28-17-22-21-13(7-11-8-14(24)20-16(26)19-11)23(17)12-5-3-10(18)4-6-12/h3-6,9,11H,7-8H2,1-2H3,(H2,19,20,24,26). The summed E-state index contributed by atoms with van der Waals surface area (Å²) in [4.78, 5) is 34.9. The van der Waals surface area contributed by atoms with Gasteiger partial charge in [0.1, 0.15) is 16.9 Å². The van der Waals surface area contributed by atoms with E-state index in [9.17, 15) is 18.8 Å². The number of methoxy groups -OCH3 is 1. The van der Waals surface area contributed by atoms with E-state index in [1.54, 1.807) is 23.6 Å². The minimum atomic E-state index is -0.567. The minimum Gasteiger partial charge on any atom is -0.468 e. The van der Waals surface area contributed by atoms with Gasteiger partial charge in [-0.1, -0.05) is 11.8 Å². The van der Waals surface area contributed by atoms with Crippen LogP contribution in [0.3, 0.4) is 0 Å². The zero-order valence-corrected chi connectivity index (χ0v) is 16.0. The molecule has 1 aromatic heterocycles. The van der Waals surface area contributed by atoms with Crippen molar-refractivity contribution in [2.24, 2.45) is 0 Å². The topological polar surface area (TPSA) is 115 Å². The summed E-state index contributed by atoms with van der Waals surface area (Å²) >= 11 is 1.14. The van der Waals surface area contributed by atoms with E-state index in [0.29, 0.717) is 16.7 Å². The Morgan fingerprint density at radius 2 is 2.07 bits per heavy atom. The lowest BCUT2D eigenvalue weighted by Gasteiger charge is -2.23. The van der Waals surface area contributed by atoms with Gasteiger partial charge >= 0.3 is 12.0 Å². The highest BCUT2D eigenvalue weighted by molar-refractivity contribution is 8.00. The van der Waals surface area contributed by atoms with Crippen LogP contribution < -0.4 is 10.6 Å². The highest BCUT2D eigenvalue weighted by Gasteiger charge is 2.27. The van der Waals surface area contributed by atoms with Crippen LogP contribution in [0.4, 0.5) is 9.18 Å². The van der Waals surface area contributed by atoms with E-state index in [-0.39, 0.29) is 18.7 Å². The average Bonchev–Trinajstić information content (AvgIpc) is 3.02. The largest absolute Gasteiger partial charge is 0.468 e. The lowest BCUT2D eigenvalue weighted by Crippen LogP contribution is -2.53. The minimum absolute atomic E-state index is 0.100. The average molecular weight is 407 g/mol. The van der Waals surface area contributed by atoms with Gasteiger partial charge in [-0.2, -0.15) is 0 Å². The van der Waals surface area contributed by atoms with Crippen molar-refractivity contribution in [1.82, 2.24) is 25.4 Å². The Labute approximate surface area is 164 Å². The summed E-state index contributed by atoms with van der Waals surface area (Å²) in [5, 5.41) is 13.0. The number of nitrogens with zero attached hydrogens (tertiary/aromatic N) is 3. The van der Waals surface area contributed by atoms with E-state index in [1.807, 2.05) is 0 Å². The molecule has 11 heteroatoms. The fourth-order valence-electron chi connectivity index (χ4n) is 2.75. The number of hydrogen-bond donors (Lipinski definition) is 2. The SMILES string of the molecule is COC(=O)C(C)Sc1nnc(CC2CC(=O)NC(=O)N2)n1-c1ccc(F)cc1. The zero-order chi connectivity index (χ0) is 20.3. The summed E-state index contributed by atoms with van der Waals surface area (Å²) in [6, 6.07) is 4.69. The lowest BCUT2D eigenvalue weighted by atomic mass is 10.1. The molecule has 1 fully saturated rings. The lowest BCUT2D eigenvalue weighted by molar-refractivity contribution is -0.139. The van der Waals surface area contributed by atoms with Gasteiger partial charge in [-0.05, 0) is 31.2 Å². The molecule has 0 radical (unpaired) electrons. The predicted molar refractivity (Wildman–Crippen MR) is 97.4 cm³/mol. The molecule has 1 aliphatic rings. The highest BCUT2D eigenvalue weighted by Crippen LogP contribution is 2.27. The van der Waals surface area contributed by atoms with Gasteiger partial charge in [-0.3, -0.25) is 19.5 Å². The highest BCUT2D eigenvalue weighted by atomic mass is 32.2. The van der Waals surface area contributed by atoms with Gasteiger partial charge in [0.2, 0.25) is 5.91 Å². The molecular formula is C17H18FN5O4S. The number of hydrogen-bond acceptors (Lipinski definition) is 7. The first-order valence-electron chi connectivity index (χ1n) is 8.42. The Balaban J connectivity index is 1.93. The number of ether oxygens (including phenoxy) is 1. The smallest absolute Gasteiger partial charge is 0.321 e. The Kier molecular flexibility index (Phi) is 5.93. The third kappa shape index (κ3) is 4.47. The molecule has 1 saturated heterocycles. The van der Waals surface area contributed by atoms with Crippen LogP contribution in [0.2, 0.25) is 0 Å². The number of aromatic nitrogens is 3. The molecule has 1 aromatic carbocycles. The summed E-state index contributed by atoms with van der Waals surface area (Å²) < 4.78 is 19.8. The van der Waals surface area contributed by atoms with Crippen LogP contribution in [-0.2, 0) is 20.7 Å². The number of nitrogens with one attached hydrogen (secondary N) is 2. The Bertz CT molecular complexity index is 885. The second-order valence-electron chi connectivity index (χ2n) is 6.12. The van der Waals surface area contributed by atoms with Crippen molar-refractivity contribution in [2.75, 3.05) is 7.11 Å². The van der Waals surface area contributed by atoms with Gasteiger partial charge < -0.3 is 10.1 Å². The first-order valence-corrected chi connectivity index (χ1v) is 9.30. The van der Waals surface area contributed by atoms with E-state index in [1.165, 1.54) is 19.2 Å². The second-order valence-corrected chi connectivity index (χ2v) is 7.43. The van der Waals surface area contributed by atoms with Crippen molar-refractivity contribution in [3.63, 3.8) is 0 Å². The molecule has 3 rings (SSSR count). The van der Waals surface area contributed by atoms with Crippen molar-refractivity contribution < 1.29 is 23.5 Å². The normalized spacial score (nSPS) is 17.6. The van der Waals surface area contributed by atoms with Crippen LogP contribution in [0.25, 0.3) is 5.69 Å². The van der Waals surface area contributed by atoms with Crippen molar-refractivity contribution in [3.05, 3.63) is 35.9 Å². The Hall–Kier alpha value is -2.95. The van der Waals surface area contributed by atoms with Crippen LogP contribution in [0, 0.1) is 5.82 Å². The number of carbonyl (C=O) groups excluding carboxylic acids is 3. The molecule has 0 aliphatic carbocycles. The molecule has 9 nitrogen and oxygen atoms in total. The number of amides is 3. The molecule has 0 spiro atoms. The maximum absolute atomic E-state index is 13.4. The molecule has 3 amide bonds. The van der Waals surface area contributed by atoms with Crippen LogP contribution in [0.5, 0.6) is 0 Å². The summed E-state index contributed by atoms with van der Waals surface area (Å²) in [6.07, 6.45) is 0.333. The van der Waals surface area contributed by atoms with Gasteiger partial charge in [0, 0.05) is 24.6 Å². The van der Waals surface area contributed by atoms with Gasteiger partial charge in [-0.15, -0.1) is 10.2 Å². The summed E-state index contributed by atoms with van der Waals surface area (Å²) in [6.45, 7) is 1.67.